The fourth-order valence-electron chi connectivity index (χ4n) is 6.14. The molecule has 3 atom stereocenters. The van der Waals surface area contributed by atoms with Crippen molar-refractivity contribution in [3.63, 3.8) is 0 Å². The molecule has 7 nitrogen and oxygen atoms in total. The van der Waals surface area contributed by atoms with Crippen LogP contribution in [0.2, 0.25) is 0 Å². The number of aromatic nitrogens is 3. The molecule has 2 aliphatic rings. The Kier molecular flexibility index (Phi) is 8.38. The lowest BCUT2D eigenvalue weighted by Crippen LogP contribution is -2.39. The molecule has 0 radical (unpaired) electrons. The number of imidazole rings is 1. The fourth-order valence-corrected chi connectivity index (χ4v) is 6.14. The molecule has 196 valence electrons. The Hall–Kier alpha value is -2.95. The van der Waals surface area contributed by atoms with E-state index in [4.69, 9.17) is 14.7 Å². The largest absolute Gasteiger partial charge is 0.464 e. The van der Waals surface area contributed by atoms with Crippen LogP contribution in [0.25, 0.3) is 16.9 Å². The average Bonchev–Trinajstić information content (AvgIpc) is 3.40. The van der Waals surface area contributed by atoms with Crippen LogP contribution < -0.4 is 4.74 Å². The zero-order valence-electron chi connectivity index (χ0n) is 22.0. The van der Waals surface area contributed by atoms with Crippen LogP contribution in [0.1, 0.15) is 75.3 Å². The van der Waals surface area contributed by atoms with Gasteiger partial charge in [0, 0.05) is 42.5 Å². The van der Waals surface area contributed by atoms with E-state index in [1.807, 2.05) is 41.1 Å². The van der Waals surface area contributed by atoms with Crippen molar-refractivity contribution in [3.8, 4) is 23.3 Å². The van der Waals surface area contributed by atoms with Gasteiger partial charge in [-0.3, -0.25) is 4.40 Å². The van der Waals surface area contributed by atoms with Crippen molar-refractivity contribution < 1.29 is 9.84 Å². The second-order valence-corrected chi connectivity index (χ2v) is 11.0. The predicted molar refractivity (Wildman–Crippen MR) is 144 cm³/mol. The molecule has 1 aliphatic heterocycles. The van der Waals surface area contributed by atoms with E-state index in [-0.39, 0.29) is 6.61 Å². The first kappa shape index (κ1) is 25.7. The first-order valence-electron chi connectivity index (χ1n) is 14.0. The lowest BCUT2D eigenvalue weighted by atomic mass is 9.81. The molecule has 1 aliphatic carbocycles. The van der Waals surface area contributed by atoms with Gasteiger partial charge in [-0.1, -0.05) is 44.7 Å². The van der Waals surface area contributed by atoms with Crippen LogP contribution >= 0.6 is 0 Å². The number of ether oxygens (including phenoxy) is 1. The molecule has 3 aromatic rings. The first-order valence-corrected chi connectivity index (χ1v) is 14.0. The average molecular weight is 502 g/mol. The lowest BCUT2D eigenvalue weighted by Gasteiger charge is -2.32. The number of aliphatic hydroxyl groups is 1. The molecule has 5 rings (SSSR count). The summed E-state index contributed by atoms with van der Waals surface area (Å²) in [6.07, 6.45) is 13.4. The summed E-state index contributed by atoms with van der Waals surface area (Å²) in [4.78, 5) is 12.3. The SMILES string of the molecule is CC1CCCCC(c2c(-c3ccc(C#N)cc3)nc(OCC3CCCN(CCO)C3)n3ccnc23)CC1. The number of nitriles is 1. The highest BCUT2D eigenvalue weighted by Gasteiger charge is 2.27. The molecule has 0 amide bonds. The van der Waals surface area contributed by atoms with E-state index in [9.17, 15) is 10.4 Å². The van der Waals surface area contributed by atoms with E-state index >= 15 is 0 Å². The van der Waals surface area contributed by atoms with Crippen LogP contribution in [-0.2, 0) is 0 Å². The molecule has 1 saturated carbocycles. The minimum absolute atomic E-state index is 0.195. The topological polar surface area (TPSA) is 86.7 Å². The highest BCUT2D eigenvalue weighted by atomic mass is 16.5. The number of rotatable bonds is 7. The van der Waals surface area contributed by atoms with Crippen molar-refractivity contribution in [2.45, 2.75) is 64.2 Å². The summed E-state index contributed by atoms with van der Waals surface area (Å²) in [5.74, 6) is 1.55. The summed E-state index contributed by atoms with van der Waals surface area (Å²) in [5, 5.41) is 18.7. The van der Waals surface area contributed by atoms with Crippen LogP contribution in [0.5, 0.6) is 6.01 Å². The number of likely N-dealkylation sites (tertiary alicyclic amines) is 1. The van der Waals surface area contributed by atoms with Gasteiger partial charge in [0.15, 0.2) is 0 Å². The molecule has 3 heterocycles. The quantitative estimate of drug-likeness (QED) is 0.465. The number of nitrogens with zero attached hydrogens (tertiary/aromatic N) is 5. The van der Waals surface area contributed by atoms with Gasteiger partial charge in [-0.25, -0.2) is 4.98 Å². The van der Waals surface area contributed by atoms with Crippen molar-refractivity contribution in [2.75, 3.05) is 32.8 Å². The normalized spacial score (nSPS) is 23.3. The highest BCUT2D eigenvalue weighted by molar-refractivity contribution is 5.72. The smallest absolute Gasteiger partial charge is 0.302 e. The molecule has 0 spiro atoms. The molecule has 0 bridgehead atoms. The standard InChI is InChI=1S/C30H39N5O2/c1-22-5-2-3-7-25(11-8-22)27-28(26-12-9-23(19-31)10-13-26)33-30(35-16-14-32-29(27)35)37-21-24-6-4-15-34(20-24)17-18-36/h9-10,12-14,16,22,24-25,36H,2-8,11,15,17-18,20-21H2,1H3. The number of hydrogen-bond acceptors (Lipinski definition) is 6. The van der Waals surface area contributed by atoms with E-state index in [2.05, 4.69) is 17.9 Å². The van der Waals surface area contributed by atoms with Gasteiger partial charge in [-0.2, -0.15) is 10.2 Å². The van der Waals surface area contributed by atoms with E-state index in [1.54, 1.807) is 0 Å². The van der Waals surface area contributed by atoms with Gasteiger partial charge >= 0.3 is 6.01 Å². The third-order valence-corrected chi connectivity index (χ3v) is 8.22. The third kappa shape index (κ3) is 5.97. The predicted octanol–water partition coefficient (Wildman–Crippen LogP) is 5.42. The van der Waals surface area contributed by atoms with Gasteiger partial charge in [-0.15, -0.1) is 0 Å². The van der Waals surface area contributed by atoms with Gasteiger partial charge in [0.1, 0.15) is 5.65 Å². The van der Waals surface area contributed by atoms with Crippen molar-refractivity contribution >= 4 is 5.65 Å². The zero-order chi connectivity index (χ0) is 25.6. The summed E-state index contributed by atoms with van der Waals surface area (Å²) in [6.45, 7) is 5.86. The number of aliphatic hydroxyl groups excluding tert-OH is 1. The monoisotopic (exact) mass is 501 g/mol. The maximum absolute atomic E-state index is 9.35. The lowest BCUT2D eigenvalue weighted by molar-refractivity contribution is 0.107. The number of piperidine rings is 1. The van der Waals surface area contributed by atoms with Crippen LogP contribution in [-0.4, -0.2) is 57.2 Å². The summed E-state index contributed by atoms with van der Waals surface area (Å²) in [7, 11) is 0. The molecular formula is C30H39N5O2. The number of fused-ring (bicyclic) bond motifs is 1. The Morgan fingerprint density at radius 1 is 1.08 bits per heavy atom. The third-order valence-electron chi connectivity index (χ3n) is 8.22. The minimum atomic E-state index is 0.195. The van der Waals surface area contributed by atoms with E-state index in [1.165, 1.54) is 31.2 Å². The van der Waals surface area contributed by atoms with Crippen molar-refractivity contribution in [3.05, 3.63) is 47.8 Å². The fraction of sp³-hybridized carbons (Fsp3) is 0.567. The molecule has 1 aromatic carbocycles. The minimum Gasteiger partial charge on any atom is -0.464 e. The highest BCUT2D eigenvalue weighted by Crippen LogP contribution is 2.40. The van der Waals surface area contributed by atoms with E-state index in [0.717, 1.165) is 68.1 Å². The number of β-amino-alcohol motifs (C(OH)–C–C–N with tert-alkyl or cyclic N) is 1. The number of benzene rings is 1. The summed E-state index contributed by atoms with van der Waals surface area (Å²) in [6, 6.07) is 10.6. The molecule has 2 fully saturated rings. The van der Waals surface area contributed by atoms with Gasteiger partial charge in [0.2, 0.25) is 0 Å². The molecular weight excluding hydrogens is 462 g/mol. The first-order chi connectivity index (χ1) is 18.2. The van der Waals surface area contributed by atoms with Crippen molar-refractivity contribution in [2.24, 2.45) is 11.8 Å². The van der Waals surface area contributed by atoms with Crippen LogP contribution in [0, 0.1) is 23.2 Å². The Morgan fingerprint density at radius 3 is 2.73 bits per heavy atom. The Morgan fingerprint density at radius 2 is 1.92 bits per heavy atom. The molecule has 2 aromatic heterocycles. The van der Waals surface area contributed by atoms with Gasteiger partial charge in [-0.05, 0) is 56.2 Å². The van der Waals surface area contributed by atoms with E-state index in [0.29, 0.717) is 30.0 Å². The van der Waals surface area contributed by atoms with E-state index < -0.39 is 0 Å². The summed E-state index contributed by atoms with van der Waals surface area (Å²) < 4.78 is 8.45. The summed E-state index contributed by atoms with van der Waals surface area (Å²) in [5.41, 5.74) is 4.73. The number of hydrogen-bond donors (Lipinski definition) is 1. The van der Waals surface area contributed by atoms with Crippen LogP contribution in [0.4, 0.5) is 0 Å². The van der Waals surface area contributed by atoms with Gasteiger partial charge in [0.05, 0.1) is 30.5 Å². The molecule has 7 heteroatoms. The van der Waals surface area contributed by atoms with Gasteiger partial charge < -0.3 is 14.7 Å². The second kappa shape index (κ2) is 12.1. The Balaban J connectivity index is 1.51. The molecule has 1 N–H and O–H groups in total. The summed E-state index contributed by atoms with van der Waals surface area (Å²) >= 11 is 0. The Bertz CT molecular complexity index is 1210. The second-order valence-electron chi connectivity index (χ2n) is 11.0. The molecule has 1 saturated heterocycles. The van der Waals surface area contributed by atoms with Crippen molar-refractivity contribution in [1.82, 2.24) is 19.3 Å². The molecule has 3 unspecified atom stereocenters. The van der Waals surface area contributed by atoms with Crippen LogP contribution in [0.15, 0.2) is 36.7 Å². The maximum Gasteiger partial charge on any atom is 0.302 e. The van der Waals surface area contributed by atoms with Crippen LogP contribution in [0.3, 0.4) is 0 Å². The zero-order valence-corrected chi connectivity index (χ0v) is 22.0. The van der Waals surface area contributed by atoms with Gasteiger partial charge in [0.25, 0.3) is 0 Å². The van der Waals surface area contributed by atoms with Crippen molar-refractivity contribution in [1.29, 1.82) is 5.26 Å². The molecule has 37 heavy (non-hydrogen) atoms. The Labute approximate surface area is 220 Å². The maximum atomic E-state index is 9.35.